The Morgan fingerprint density at radius 2 is 1.93 bits per heavy atom. The summed E-state index contributed by atoms with van der Waals surface area (Å²) in [6.45, 7) is 1.93. The van der Waals surface area contributed by atoms with E-state index in [0.29, 0.717) is 17.9 Å². The lowest BCUT2D eigenvalue weighted by atomic mass is 9.99. The van der Waals surface area contributed by atoms with Crippen LogP contribution in [0.25, 0.3) is 0 Å². The minimum absolute atomic E-state index is 0.129. The van der Waals surface area contributed by atoms with E-state index >= 15 is 0 Å². The first kappa shape index (κ1) is 21.4. The van der Waals surface area contributed by atoms with Gasteiger partial charge in [-0.25, -0.2) is 0 Å². The van der Waals surface area contributed by atoms with Gasteiger partial charge in [0.15, 0.2) is 0 Å². The van der Waals surface area contributed by atoms with E-state index in [1.54, 1.807) is 6.07 Å². The lowest BCUT2D eigenvalue weighted by Crippen LogP contribution is -2.60. The lowest BCUT2D eigenvalue weighted by Gasteiger charge is -2.39. The number of benzene rings is 1. The van der Waals surface area contributed by atoms with E-state index in [4.69, 9.17) is 19.3 Å². The Labute approximate surface area is 156 Å². The van der Waals surface area contributed by atoms with Crippen LogP contribution in [0.3, 0.4) is 0 Å². The second-order valence-electron chi connectivity index (χ2n) is 6.36. The zero-order valence-electron chi connectivity index (χ0n) is 15.0. The van der Waals surface area contributed by atoms with Crippen LogP contribution in [0.4, 0.5) is 0 Å². The van der Waals surface area contributed by atoms with Crippen molar-refractivity contribution < 1.29 is 44.5 Å². The van der Waals surface area contributed by atoms with E-state index in [1.807, 2.05) is 6.92 Å². The zero-order valence-corrected chi connectivity index (χ0v) is 15.0. The molecule has 9 nitrogen and oxygen atoms in total. The van der Waals surface area contributed by atoms with Gasteiger partial charge in [-0.3, -0.25) is 4.79 Å². The highest BCUT2D eigenvalue weighted by Crippen LogP contribution is 2.29. The highest BCUT2D eigenvalue weighted by Gasteiger charge is 2.44. The van der Waals surface area contributed by atoms with Crippen LogP contribution in [0, 0.1) is 0 Å². The molecular formula is C18H26O9. The second-order valence-corrected chi connectivity index (χ2v) is 6.36. The fraction of sp³-hybridized carbons (Fsp3) is 0.611. The smallest absolute Gasteiger partial charge is 0.307 e. The van der Waals surface area contributed by atoms with Crippen LogP contribution < -0.4 is 9.47 Å². The SMILES string of the molecule is CCCCOc1ccc(OC2OC(CO)C(O)C(O)C2O)c(CC(=O)O)c1. The molecule has 0 bridgehead atoms. The standard InChI is InChI=1S/C18H26O9/c1-2-3-6-25-11-4-5-12(10(7-11)8-14(20)21)26-18-17(24)16(23)15(22)13(9-19)27-18/h4-5,7,13,15-19,22-24H,2-3,6,8-9H2,1H3,(H,20,21). The average Bonchev–Trinajstić information content (AvgIpc) is 2.63. The first-order valence-electron chi connectivity index (χ1n) is 8.82. The number of carboxylic acid groups (broad SMARTS) is 1. The fourth-order valence-electron chi connectivity index (χ4n) is 2.69. The molecule has 5 atom stereocenters. The molecule has 0 amide bonds. The van der Waals surface area contributed by atoms with Gasteiger partial charge in [0.05, 0.1) is 19.6 Å². The van der Waals surface area contributed by atoms with Gasteiger partial charge in [0.1, 0.15) is 35.9 Å². The number of hydrogen-bond acceptors (Lipinski definition) is 8. The van der Waals surface area contributed by atoms with Gasteiger partial charge in [0, 0.05) is 5.56 Å². The maximum atomic E-state index is 11.2. The van der Waals surface area contributed by atoms with E-state index in [1.165, 1.54) is 12.1 Å². The van der Waals surface area contributed by atoms with Crippen molar-refractivity contribution in [2.45, 2.75) is 56.9 Å². The summed E-state index contributed by atoms with van der Waals surface area (Å²) in [6, 6.07) is 4.62. The summed E-state index contributed by atoms with van der Waals surface area (Å²) >= 11 is 0. The van der Waals surface area contributed by atoms with Crippen molar-refractivity contribution in [3.8, 4) is 11.5 Å². The van der Waals surface area contributed by atoms with Gasteiger partial charge in [0.25, 0.3) is 0 Å². The van der Waals surface area contributed by atoms with Gasteiger partial charge in [-0.15, -0.1) is 0 Å². The Morgan fingerprint density at radius 1 is 1.19 bits per heavy atom. The monoisotopic (exact) mass is 386 g/mol. The quantitative estimate of drug-likeness (QED) is 0.360. The molecule has 1 aliphatic heterocycles. The van der Waals surface area contributed by atoms with E-state index in [2.05, 4.69) is 0 Å². The van der Waals surface area contributed by atoms with Gasteiger partial charge < -0.3 is 39.7 Å². The zero-order chi connectivity index (χ0) is 20.0. The van der Waals surface area contributed by atoms with Gasteiger partial charge in [-0.2, -0.15) is 0 Å². The van der Waals surface area contributed by atoms with Crippen molar-refractivity contribution in [3.05, 3.63) is 23.8 Å². The van der Waals surface area contributed by atoms with Gasteiger partial charge in [-0.05, 0) is 24.6 Å². The molecule has 1 aromatic carbocycles. The normalized spacial score (nSPS) is 28.0. The minimum atomic E-state index is -1.58. The number of aliphatic hydroxyl groups is 4. The number of rotatable bonds is 9. The minimum Gasteiger partial charge on any atom is -0.494 e. The molecule has 9 heteroatoms. The summed E-state index contributed by atoms with van der Waals surface area (Å²) in [5.41, 5.74) is 0.299. The summed E-state index contributed by atoms with van der Waals surface area (Å²) in [6.07, 6.45) is -5.71. The van der Waals surface area contributed by atoms with Crippen molar-refractivity contribution in [1.82, 2.24) is 0 Å². The third kappa shape index (κ3) is 5.53. The molecule has 0 saturated carbocycles. The Kier molecular flexibility index (Phi) is 7.81. The number of unbranched alkanes of at least 4 members (excludes halogenated alkanes) is 1. The number of aliphatic hydroxyl groups excluding tert-OH is 4. The lowest BCUT2D eigenvalue weighted by molar-refractivity contribution is -0.277. The van der Waals surface area contributed by atoms with Crippen LogP contribution >= 0.6 is 0 Å². The molecule has 1 saturated heterocycles. The fourth-order valence-corrected chi connectivity index (χ4v) is 2.69. The summed E-state index contributed by atoms with van der Waals surface area (Å²) in [5.74, 6) is -0.468. The molecule has 5 unspecified atom stereocenters. The largest absolute Gasteiger partial charge is 0.494 e. The van der Waals surface area contributed by atoms with Crippen molar-refractivity contribution >= 4 is 5.97 Å². The first-order chi connectivity index (χ1) is 12.9. The van der Waals surface area contributed by atoms with Crippen molar-refractivity contribution in [3.63, 3.8) is 0 Å². The second kappa shape index (κ2) is 9.86. The molecule has 0 spiro atoms. The average molecular weight is 386 g/mol. The third-order valence-electron chi connectivity index (χ3n) is 4.23. The summed E-state index contributed by atoms with van der Waals surface area (Å²) in [5, 5.41) is 48.1. The predicted octanol–water partition coefficient (Wildman–Crippen LogP) is -0.329. The molecule has 1 heterocycles. The summed E-state index contributed by atoms with van der Waals surface area (Å²) in [4.78, 5) is 11.2. The molecule has 152 valence electrons. The number of ether oxygens (including phenoxy) is 3. The van der Waals surface area contributed by atoms with Crippen LogP contribution in [0.1, 0.15) is 25.3 Å². The molecule has 1 aliphatic rings. The van der Waals surface area contributed by atoms with Crippen molar-refractivity contribution in [2.75, 3.05) is 13.2 Å². The first-order valence-corrected chi connectivity index (χ1v) is 8.82. The molecule has 5 N–H and O–H groups in total. The van der Waals surface area contributed by atoms with Crippen LogP contribution in [0.5, 0.6) is 11.5 Å². The maximum Gasteiger partial charge on any atom is 0.307 e. The van der Waals surface area contributed by atoms with E-state index < -0.39 is 43.3 Å². The number of hydrogen-bond donors (Lipinski definition) is 5. The number of aliphatic carboxylic acids is 1. The molecule has 1 aromatic rings. The molecule has 0 aliphatic carbocycles. The van der Waals surface area contributed by atoms with Gasteiger partial charge in [-0.1, -0.05) is 13.3 Å². The van der Waals surface area contributed by atoms with Crippen LogP contribution in [-0.4, -0.2) is 75.4 Å². The molecule has 2 rings (SSSR count). The Bertz CT molecular complexity index is 619. The predicted molar refractivity (Wildman–Crippen MR) is 92.6 cm³/mol. The number of carboxylic acids is 1. The topological polar surface area (TPSA) is 146 Å². The Balaban J connectivity index is 2.19. The molecule has 0 radical (unpaired) electrons. The highest BCUT2D eigenvalue weighted by atomic mass is 16.7. The Morgan fingerprint density at radius 3 is 2.56 bits per heavy atom. The summed E-state index contributed by atoms with van der Waals surface area (Å²) < 4.78 is 16.4. The summed E-state index contributed by atoms with van der Waals surface area (Å²) in [7, 11) is 0. The highest BCUT2D eigenvalue weighted by molar-refractivity contribution is 5.71. The van der Waals surface area contributed by atoms with Crippen LogP contribution in [-0.2, 0) is 16.0 Å². The Hall–Kier alpha value is -1.91. The number of carbonyl (C=O) groups is 1. The van der Waals surface area contributed by atoms with Gasteiger partial charge >= 0.3 is 5.97 Å². The molecule has 0 aromatic heterocycles. The van der Waals surface area contributed by atoms with E-state index in [9.17, 15) is 25.2 Å². The van der Waals surface area contributed by atoms with Crippen LogP contribution in [0.15, 0.2) is 18.2 Å². The van der Waals surface area contributed by atoms with Crippen molar-refractivity contribution in [1.29, 1.82) is 0 Å². The van der Waals surface area contributed by atoms with E-state index in [-0.39, 0.29) is 12.2 Å². The molecular weight excluding hydrogens is 360 g/mol. The molecule has 1 fully saturated rings. The van der Waals surface area contributed by atoms with Crippen molar-refractivity contribution in [2.24, 2.45) is 0 Å². The maximum absolute atomic E-state index is 11.2. The van der Waals surface area contributed by atoms with E-state index in [0.717, 1.165) is 12.8 Å². The van der Waals surface area contributed by atoms with Gasteiger partial charge in [0.2, 0.25) is 6.29 Å². The molecule has 27 heavy (non-hydrogen) atoms. The third-order valence-corrected chi connectivity index (χ3v) is 4.23. The van der Waals surface area contributed by atoms with Crippen LogP contribution in [0.2, 0.25) is 0 Å².